The van der Waals surface area contributed by atoms with Crippen molar-refractivity contribution in [3.63, 3.8) is 0 Å². The molecule has 3 amide bonds. The van der Waals surface area contributed by atoms with Gasteiger partial charge in [0.2, 0.25) is 0 Å². The summed E-state index contributed by atoms with van der Waals surface area (Å²) in [6.07, 6.45) is 2.66. The fourth-order valence-electron chi connectivity index (χ4n) is 1.65. The summed E-state index contributed by atoms with van der Waals surface area (Å²) < 4.78 is 6.54. The van der Waals surface area contributed by atoms with Crippen molar-refractivity contribution in [1.29, 1.82) is 0 Å². The highest BCUT2D eigenvalue weighted by Gasteiger charge is 2.22. The Morgan fingerprint density at radius 3 is 2.65 bits per heavy atom. The molecule has 1 saturated heterocycles. The number of hydrogen-bond acceptors (Lipinski definition) is 3. The van der Waals surface area contributed by atoms with Crippen LogP contribution in [0.2, 0.25) is 0 Å². The molecule has 1 aliphatic rings. The SMILES string of the molecule is CCC(C)Oc1ccc(/C=C2/NC(=O)NC2=O)cc1Br. The van der Waals surface area contributed by atoms with Crippen molar-refractivity contribution < 1.29 is 14.3 Å². The van der Waals surface area contributed by atoms with Gasteiger partial charge in [0, 0.05) is 0 Å². The molecule has 5 nitrogen and oxygen atoms in total. The predicted molar refractivity (Wildman–Crippen MR) is 79.2 cm³/mol. The third kappa shape index (κ3) is 3.39. The van der Waals surface area contributed by atoms with Gasteiger partial charge in [-0.3, -0.25) is 10.1 Å². The quantitative estimate of drug-likeness (QED) is 0.655. The largest absolute Gasteiger partial charge is 0.490 e. The van der Waals surface area contributed by atoms with E-state index in [1.807, 2.05) is 25.1 Å². The van der Waals surface area contributed by atoms with Gasteiger partial charge in [-0.15, -0.1) is 0 Å². The number of rotatable bonds is 4. The van der Waals surface area contributed by atoms with Crippen LogP contribution < -0.4 is 15.4 Å². The average molecular weight is 339 g/mol. The van der Waals surface area contributed by atoms with Crippen LogP contribution in [-0.4, -0.2) is 18.0 Å². The number of amides is 3. The molecule has 1 atom stereocenters. The van der Waals surface area contributed by atoms with E-state index in [0.29, 0.717) is 0 Å². The summed E-state index contributed by atoms with van der Waals surface area (Å²) >= 11 is 3.44. The molecule has 106 valence electrons. The second kappa shape index (κ2) is 6.09. The molecule has 0 spiro atoms. The van der Waals surface area contributed by atoms with E-state index in [1.54, 1.807) is 6.08 Å². The Labute approximate surface area is 125 Å². The summed E-state index contributed by atoms with van der Waals surface area (Å²) in [5.41, 5.74) is 1.03. The average Bonchev–Trinajstić information content (AvgIpc) is 2.71. The van der Waals surface area contributed by atoms with Crippen LogP contribution in [0, 0.1) is 0 Å². The number of carbonyl (C=O) groups is 2. The van der Waals surface area contributed by atoms with E-state index in [-0.39, 0.29) is 11.8 Å². The van der Waals surface area contributed by atoms with Gasteiger partial charge in [0.15, 0.2) is 0 Å². The highest BCUT2D eigenvalue weighted by atomic mass is 79.9. The van der Waals surface area contributed by atoms with Crippen molar-refractivity contribution in [2.24, 2.45) is 0 Å². The first-order valence-corrected chi connectivity index (χ1v) is 7.09. The predicted octanol–water partition coefficient (Wildman–Crippen LogP) is 2.81. The fourth-order valence-corrected chi connectivity index (χ4v) is 2.14. The molecule has 2 rings (SSSR count). The summed E-state index contributed by atoms with van der Waals surface area (Å²) in [5, 5.41) is 4.60. The summed E-state index contributed by atoms with van der Waals surface area (Å²) in [4.78, 5) is 22.4. The zero-order chi connectivity index (χ0) is 14.7. The highest BCUT2D eigenvalue weighted by Crippen LogP contribution is 2.28. The molecule has 1 aromatic rings. The van der Waals surface area contributed by atoms with Crippen LogP contribution in [0.25, 0.3) is 6.08 Å². The lowest BCUT2D eigenvalue weighted by Gasteiger charge is -2.14. The molecular weight excluding hydrogens is 324 g/mol. The third-order valence-corrected chi connectivity index (χ3v) is 3.51. The Hall–Kier alpha value is -1.82. The molecule has 6 heteroatoms. The van der Waals surface area contributed by atoms with Gasteiger partial charge in [0.1, 0.15) is 11.4 Å². The molecule has 1 aromatic carbocycles. The van der Waals surface area contributed by atoms with E-state index in [4.69, 9.17) is 4.74 Å². The summed E-state index contributed by atoms with van der Waals surface area (Å²) in [5.74, 6) is 0.326. The van der Waals surface area contributed by atoms with Gasteiger partial charge in [-0.25, -0.2) is 4.79 Å². The Balaban J connectivity index is 2.19. The molecule has 1 unspecified atom stereocenters. The molecule has 2 N–H and O–H groups in total. The third-order valence-electron chi connectivity index (χ3n) is 2.89. The first-order chi connectivity index (χ1) is 9.49. The van der Waals surface area contributed by atoms with E-state index >= 15 is 0 Å². The second-order valence-electron chi connectivity index (χ2n) is 4.49. The van der Waals surface area contributed by atoms with Crippen molar-refractivity contribution in [2.45, 2.75) is 26.4 Å². The first kappa shape index (κ1) is 14.6. The molecule has 0 aromatic heterocycles. The number of benzene rings is 1. The van der Waals surface area contributed by atoms with Gasteiger partial charge in [0.05, 0.1) is 10.6 Å². The highest BCUT2D eigenvalue weighted by molar-refractivity contribution is 9.10. The summed E-state index contributed by atoms with van der Waals surface area (Å²) in [7, 11) is 0. The molecule has 1 aliphatic heterocycles. The van der Waals surface area contributed by atoms with Crippen LogP contribution in [0.4, 0.5) is 4.79 Å². The van der Waals surface area contributed by atoms with E-state index in [1.165, 1.54) is 0 Å². The van der Waals surface area contributed by atoms with Crippen molar-refractivity contribution in [2.75, 3.05) is 0 Å². The van der Waals surface area contributed by atoms with Crippen LogP contribution in [0.5, 0.6) is 5.75 Å². The number of imide groups is 1. The van der Waals surface area contributed by atoms with Crippen LogP contribution in [0.15, 0.2) is 28.4 Å². The number of ether oxygens (including phenoxy) is 1. The van der Waals surface area contributed by atoms with Gasteiger partial charge in [-0.05, 0) is 53.0 Å². The maximum Gasteiger partial charge on any atom is 0.326 e. The van der Waals surface area contributed by atoms with Crippen molar-refractivity contribution in [3.8, 4) is 5.75 Å². The topological polar surface area (TPSA) is 67.4 Å². The standard InChI is InChI=1S/C14H15BrN2O3/c1-3-8(2)20-12-5-4-9(6-10(12)15)7-11-13(18)17-14(19)16-11/h4-8H,3H2,1-2H3,(H2,16,17,18,19)/b11-7+. The molecule has 20 heavy (non-hydrogen) atoms. The molecule has 0 bridgehead atoms. The van der Waals surface area contributed by atoms with Crippen molar-refractivity contribution in [3.05, 3.63) is 33.9 Å². The molecule has 0 aliphatic carbocycles. The molecule has 1 fully saturated rings. The van der Waals surface area contributed by atoms with E-state index in [9.17, 15) is 9.59 Å². The fraction of sp³-hybridized carbons (Fsp3) is 0.286. The maximum absolute atomic E-state index is 11.4. The normalized spacial score (nSPS) is 17.9. The summed E-state index contributed by atoms with van der Waals surface area (Å²) in [6, 6.07) is 4.99. The zero-order valence-corrected chi connectivity index (χ0v) is 12.8. The van der Waals surface area contributed by atoms with Crippen LogP contribution in [-0.2, 0) is 4.79 Å². The number of urea groups is 1. The Morgan fingerprint density at radius 1 is 1.35 bits per heavy atom. The van der Waals surface area contributed by atoms with Gasteiger partial charge in [-0.1, -0.05) is 13.0 Å². The zero-order valence-electron chi connectivity index (χ0n) is 11.2. The Kier molecular flexibility index (Phi) is 4.44. The molecule has 0 saturated carbocycles. The number of hydrogen-bond donors (Lipinski definition) is 2. The summed E-state index contributed by atoms with van der Waals surface area (Å²) in [6.45, 7) is 4.06. The second-order valence-corrected chi connectivity index (χ2v) is 5.35. The van der Waals surface area contributed by atoms with E-state index < -0.39 is 11.9 Å². The monoisotopic (exact) mass is 338 g/mol. The minimum Gasteiger partial charge on any atom is -0.490 e. The lowest BCUT2D eigenvalue weighted by atomic mass is 10.2. The minimum atomic E-state index is -0.503. The van der Waals surface area contributed by atoms with Crippen LogP contribution in [0.3, 0.4) is 0 Å². The number of halogens is 1. The minimum absolute atomic E-state index is 0.135. The first-order valence-electron chi connectivity index (χ1n) is 6.30. The van der Waals surface area contributed by atoms with Gasteiger partial charge in [-0.2, -0.15) is 0 Å². The molecule has 0 radical (unpaired) electrons. The van der Waals surface area contributed by atoms with Gasteiger partial charge < -0.3 is 10.1 Å². The van der Waals surface area contributed by atoms with Crippen LogP contribution in [0.1, 0.15) is 25.8 Å². The van der Waals surface area contributed by atoms with Crippen molar-refractivity contribution >= 4 is 33.9 Å². The van der Waals surface area contributed by atoms with Crippen molar-refractivity contribution in [1.82, 2.24) is 10.6 Å². The lowest BCUT2D eigenvalue weighted by molar-refractivity contribution is -0.115. The molecule has 1 heterocycles. The van der Waals surface area contributed by atoms with Gasteiger partial charge >= 0.3 is 6.03 Å². The van der Waals surface area contributed by atoms with E-state index in [0.717, 1.165) is 22.2 Å². The van der Waals surface area contributed by atoms with Gasteiger partial charge in [0.25, 0.3) is 5.91 Å². The smallest absolute Gasteiger partial charge is 0.326 e. The van der Waals surface area contributed by atoms with E-state index in [2.05, 4.69) is 33.5 Å². The molecular formula is C14H15BrN2O3. The number of carbonyl (C=O) groups excluding carboxylic acids is 2. The Bertz CT molecular complexity index is 584. The van der Waals surface area contributed by atoms with Crippen LogP contribution >= 0.6 is 15.9 Å². The maximum atomic E-state index is 11.4. The number of nitrogens with one attached hydrogen (secondary N) is 2. The lowest BCUT2D eigenvalue weighted by Crippen LogP contribution is -2.22. The Morgan fingerprint density at radius 2 is 2.10 bits per heavy atom.